The summed E-state index contributed by atoms with van der Waals surface area (Å²) in [5, 5.41) is 6.00. The fourth-order valence-corrected chi connectivity index (χ4v) is 3.40. The number of para-hydroxylation sites is 1. The van der Waals surface area contributed by atoms with Crippen LogP contribution in [0.25, 0.3) is 0 Å². The summed E-state index contributed by atoms with van der Waals surface area (Å²) in [6, 6.07) is 5.36. The Bertz CT molecular complexity index is 616. The predicted octanol–water partition coefficient (Wildman–Crippen LogP) is 3.69. The second-order valence-corrected chi connectivity index (χ2v) is 6.05. The topological polar surface area (TPSA) is 34.1 Å². The molecule has 2 heterocycles. The summed E-state index contributed by atoms with van der Waals surface area (Å²) in [6.07, 6.45) is -2.37. The predicted molar refractivity (Wildman–Crippen MR) is 78.2 cm³/mol. The number of nitrogens with one attached hydrogen (secondary N) is 1. The number of piperidine rings is 1. The number of thiazole rings is 1. The molecule has 1 aliphatic rings. The summed E-state index contributed by atoms with van der Waals surface area (Å²) in [5.41, 5.74) is -0.730. The number of nitrogens with zero attached hydrogens (tertiary/aromatic N) is 1. The molecule has 3 nitrogen and oxygen atoms in total. The van der Waals surface area contributed by atoms with Crippen LogP contribution in [-0.4, -0.2) is 24.2 Å². The molecule has 0 radical (unpaired) electrons. The normalized spacial score (nSPS) is 22.5. The van der Waals surface area contributed by atoms with Crippen molar-refractivity contribution in [2.24, 2.45) is 0 Å². The van der Waals surface area contributed by atoms with Gasteiger partial charge in [0.2, 0.25) is 0 Å². The van der Waals surface area contributed by atoms with Crippen LogP contribution in [0.15, 0.2) is 35.8 Å². The van der Waals surface area contributed by atoms with Crippen LogP contribution < -0.4 is 10.1 Å². The third-order valence-electron chi connectivity index (χ3n) is 3.66. The highest BCUT2D eigenvalue weighted by Gasteiger charge is 2.36. The van der Waals surface area contributed by atoms with Crippen LogP contribution in [0.5, 0.6) is 5.75 Å². The van der Waals surface area contributed by atoms with Crippen molar-refractivity contribution in [1.82, 2.24) is 10.3 Å². The van der Waals surface area contributed by atoms with Crippen molar-refractivity contribution in [1.29, 1.82) is 0 Å². The highest BCUT2D eigenvalue weighted by Crippen LogP contribution is 2.38. The Labute approximate surface area is 130 Å². The van der Waals surface area contributed by atoms with E-state index in [1.807, 2.05) is 5.38 Å². The molecule has 0 bridgehead atoms. The Kier molecular flexibility index (Phi) is 4.35. The molecule has 7 heteroatoms. The molecule has 0 amide bonds. The van der Waals surface area contributed by atoms with Gasteiger partial charge in [-0.05, 0) is 25.1 Å². The Morgan fingerprint density at radius 2 is 2.09 bits per heavy atom. The van der Waals surface area contributed by atoms with E-state index in [9.17, 15) is 13.2 Å². The minimum Gasteiger partial charge on any atom is -0.489 e. The summed E-state index contributed by atoms with van der Waals surface area (Å²) in [5.74, 6) is -0.140. The largest absolute Gasteiger partial charge is 0.489 e. The van der Waals surface area contributed by atoms with Crippen molar-refractivity contribution in [2.75, 3.05) is 13.1 Å². The number of rotatable bonds is 3. The van der Waals surface area contributed by atoms with Gasteiger partial charge >= 0.3 is 6.18 Å². The average molecular weight is 328 g/mol. The zero-order chi connectivity index (χ0) is 15.6. The number of ether oxygens (including phenoxy) is 1. The number of hydrogen-bond acceptors (Lipinski definition) is 4. The molecule has 2 unspecified atom stereocenters. The fraction of sp³-hybridized carbons (Fsp3) is 0.400. The van der Waals surface area contributed by atoms with Gasteiger partial charge < -0.3 is 10.1 Å². The standard InChI is InChI=1S/C15H15F3N2OS/c16-15(17,18)11-3-1-2-4-13(11)21-12-5-6-19-9-10(12)14-20-7-8-22-14/h1-4,7-8,10,12,19H,5-6,9H2. The molecule has 1 saturated heterocycles. The minimum atomic E-state index is -4.42. The van der Waals surface area contributed by atoms with E-state index in [0.29, 0.717) is 13.0 Å². The number of benzene rings is 1. The molecule has 118 valence electrons. The molecule has 1 aliphatic heterocycles. The zero-order valence-corrected chi connectivity index (χ0v) is 12.5. The van der Waals surface area contributed by atoms with Gasteiger partial charge in [0.05, 0.1) is 11.5 Å². The van der Waals surface area contributed by atoms with E-state index in [1.54, 1.807) is 12.3 Å². The smallest absolute Gasteiger partial charge is 0.419 e. The van der Waals surface area contributed by atoms with Crippen molar-refractivity contribution < 1.29 is 17.9 Å². The first-order valence-corrected chi connectivity index (χ1v) is 7.86. The highest BCUT2D eigenvalue weighted by molar-refractivity contribution is 7.09. The van der Waals surface area contributed by atoms with Crippen molar-refractivity contribution in [3.8, 4) is 5.75 Å². The SMILES string of the molecule is FC(F)(F)c1ccccc1OC1CCNCC1c1nccs1. The maximum Gasteiger partial charge on any atom is 0.419 e. The molecule has 1 N–H and O–H groups in total. The molecule has 0 spiro atoms. The monoisotopic (exact) mass is 328 g/mol. The second kappa shape index (κ2) is 6.26. The molecular weight excluding hydrogens is 313 g/mol. The van der Waals surface area contributed by atoms with Gasteiger partial charge in [0.25, 0.3) is 0 Å². The van der Waals surface area contributed by atoms with Crippen molar-refractivity contribution in [3.63, 3.8) is 0 Å². The van der Waals surface area contributed by atoms with Gasteiger partial charge in [-0.1, -0.05) is 12.1 Å². The molecule has 3 rings (SSSR count). The maximum atomic E-state index is 13.1. The molecule has 0 aliphatic carbocycles. The van der Waals surface area contributed by atoms with Crippen molar-refractivity contribution in [2.45, 2.75) is 24.6 Å². The molecule has 0 saturated carbocycles. The first-order valence-electron chi connectivity index (χ1n) is 6.98. The Balaban J connectivity index is 1.85. The summed E-state index contributed by atoms with van der Waals surface area (Å²) >= 11 is 1.50. The first-order chi connectivity index (χ1) is 10.6. The quantitative estimate of drug-likeness (QED) is 0.933. The van der Waals surface area contributed by atoms with Crippen LogP contribution in [0.4, 0.5) is 13.2 Å². The first kappa shape index (κ1) is 15.3. The second-order valence-electron chi connectivity index (χ2n) is 5.12. The van der Waals surface area contributed by atoms with Crippen LogP contribution in [0, 0.1) is 0 Å². The lowest BCUT2D eigenvalue weighted by atomic mass is 9.96. The molecule has 1 aromatic heterocycles. The Morgan fingerprint density at radius 1 is 1.27 bits per heavy atom. The molecule has 2 atom stereocenters. The fourth-order valence-electron chi connectivity index (χ4n) is 2.61. The van der Waals surface area contributed by atoms with Gasteiger partial charge in [-0.15, -0.1) is 11.3 Å². The summed E-state index contributed by atoms with van der Waals surface area (Å²) in [4.78, 5) is 4.28. The van der Waals surface area contributed by atoms with Gasteiger partial charge in [0, 0.05) is 18.1 Å². The molecule has 22 heavy (non-hydrogen) atoms. The van der Waals surface area contributed by atoms with E-state index < -0.39 is 11.7 Å². The van der Waals surface area contributed by atoms with Gasteiger partial charge in [-0.2, -0.15) is 13.2 Å². The van der Waals surface area contributed by atoms with Crippen LogP contribution in [-0.2, 0) is 6.18 Å². The Hall–Kier alpha value is -1.60. The van der Waals surface area contributed by atoms with E-state index >= 15 is 0 Å². The van der Waals surface area contributed by atoms with Gasteiger partial charge in [-0.3, -0.25) is 0 Å². The summed E-state index contributed by atoms with van der Waals surface area (Å²) in [7, 11) is 0. The third kappa shape index (κ3) is 3.25. The van der Waals surface area contributed by atoms with Crippen molar-refractivity contribution >= 4 is 11.3 Å². The third-order valence-corrected chi connectivity index (χ3v) is 4.57. The van der Waals surface area contributed by atoms with Gasteiger partial charge in [0.1, 0.15) is 16.9 Å². The van der Waals surface area contributed by atoms with Crippen LogP contribution in [0.3, 0.4) is 0 Å². The highest BCUT2D eigenvalue weighted by atomic mass is 32.1. The lowest BCUT2D eigenvalue weighted by Gasteiger charge is -2.32. The minimum absolute atomic E-state index is 0.0324. The average Bonchev–Trinajstić information content (AvgIpc) is 3.01. The van der Waals surface area contributed by atoms with E-state index in [0.717, 1.165) is 17.6 Å². The number of alkyl halides is 3. The number of hydrogen-bond donors (Lipinski definition) is 1. The molecular formula is C15H15F3N2OS. The lowest BCUT2D eigenvalue weighted by Crippen LogP contribution is -2.41. The van der Waals surface area contributed by atoms with E-state index in [-0.39, 0.29) is 17.8 Å². The Morgan fingerprint density at radius 3 is 2.82 bits per heavy atom. The van der Waals surface area contributed by atoms with Crippen LogP contribution >= 0.6 is 11.3 Å². The molecule has 1 aromatic carbocycles. The van der Waals surface area contributed by atoms with Gasteiger partial charge in [-0.25, -0.2) is 4.98 Å². The maximum absolute atomic E-state index is 13.1. The van der Waals surface area contributed by atoms with Gasteiger partial charge in [0.15, 0.2) is 0 Å². The zero-order valence-electron chi connectivity index (χ0n) is 11.6. The molecule has 2 aromatic rings. The van der Waals surface area contributed by atoms with Crippen LogP contribution in [0.2, 0.25) is 0 Å². The number of halogens is 3. The van der Waals surface area contributed by atoms with Crippen molar-refractivity contribution in [3.05, 3.63) is 46.4 Å². The summed E-state index contributed by atoms with van der Waals surface area (Å²) in [6.45, 7) is 1.38. The number of aromatic nitrogens is 1. The molecule has 1 fully saturated rings. The lowest BCUT2D eigenvalue weighted by molar-refractivity contribution is -0.139. The van der Waals surface area contributed by atoms with E-state index in [1.165, 1.54) is 23.5 Å². The van der Waals surface area contributed by atoms with E-state index in [2.05, 4.69) is 10.3 Å². The van der Waals surface area contributed by atoms with Crippen LogP contribution in [0.1, 0.15) is 22.9 Å². The summed E-state index contributed by atoms with van der Waals surface area (Å²) < 4.78 is 45.0. The van der Waals surface area contributed by atoms with E-state index in [4.69, 9.17) is 4.74 Å².